The van der Waals surface area contributed by atoms with Gasteiger partial charge in [0, 0.05) is 43.4 Å². The van der Waals surface area contributed by atoms with Crippen molar-refractivity contribution in [1.82, 2.24) is 10.3 Å². The minimum Gasteiger partial charge on any atom is -0.396 e. The van der Waals surface area contributed by atoms with Crippen LogP contribution < -0.4 is 21.0 Å². The van der Waals surface area contributed by atoms with Gasteiger partial charge in [0.25, 0.3) is 0 Å². The Balaban J connectivity index is 0.000000215. The molecule has 3 N–H and O–H groups in total. The van der Waals surface area contributed by atoms with Gasteiger partial charge in [-0.15, -0.1) is 0 Å². The zero-order chi connectivity index (χ0) is 30.7. The van der Waals surface area contributed by atoms with Crippen molar-refractivity contribution in [2.45, 2.75) is 45.2 Å². The number of nitrogens with zero attached hydrogens (tertiary/aromatic N) is 1. The van der Waals surface area contributed by atoms with E-state index < -0.39 is 8.80 Å². The molecule has 1 heterocycles. The van der Waals surface area contributed by atoms with Crippen molar-refractivity contribution in [2.24, 2.45) is 5.92 Å². The number of para-hydroxylation sites is 1. The number of ketones is 1. The third kappa shape index (κ3) is 9.29. The number of thiocarbonyl (C=S) groups is 1. The number of carbonyl (C=O) groups is 1. The van der Waals surface area contributed by atoms with E-state index in [1.165, 1.54) is 10.4 Å². The number of aliphatic hydroxyl groups is 1. The molecule has 0 saturated carbocycles. The molecule has 0 radical (unpaired) electrons. The molecule has 7 heteroatoms. The van der Waals surface area contributed by atoms with Crippen molar-refractivity contribution in [3.05, 3.63) is 132 Å². The van der Waals surface area contributed by atoms with E-state index >= 15 is 0 Å². The van der Waals surface area contributed by atoms with Gasteiger partial charge in [-0.1, -0.05) is 122 Å². The number of Topliss-reactive ketones (excluding diaryl/α,β-unsaturated/α-hetero) is 1. The Hall–Kier alpha value is -3.91. The summed E-state index contributed by atoms with van der Waals surface area (Å²) in [5.74, 6) is -0.119. The maximum Gasteiger partial charge on any atom is 0.167 e. The van der Waals surface area contributed by atoms with Gasteiger partial charge in [0.15, 0.2) is 5.78 Å². The lowest BCUT2D eigenvalue weighted by Gasteiger charge is -2.30. The van der Waals surface area contributed by atoms with E-state index in [0.29, 0.717) is 35.0 Å². The third-order valence-corrected chi connectivity index (χ3v) is 11.6. The Bertz CT molecular complexity index is 1450. The molecule has 1 aliphatic rings. The van der Waals surface area contributed by atoms with E-state index in [-0.39, 0.29) is 18.3 Å². The van der Waals surface area contributed by atoms with Crippen LogP contribution in [-0.4, -0.2) is 36.3 Å². The van der Waals surface area contributed by atoms with E-state index in [1.807, 2.05) is 42.5 Å². The Morgan fingerprint density at radius 1 is 0.860 bits per heavy atom. The fourth-order valence-corrected chi connectivity index (χ4v) is 9.41. The minimum absolute atomic E-state index is 0.0155. The van der Waals surface area contributed by atoms with E-state index in [4.69, 9.17) is 12.2 Å². The average molecular weight is 608 g/mol. The van der Waals surface area contributed by atoms with Crippen LogP contribution in [0.15, 0.2) is 127 Å². The van der Waals surface area contributed by atoms with Gasteiger partial charge in [-0.3, -0.25) is 9.78 Å². The average Bonchev–Trinajstić information content (AvgIpc) is 3.01. The normalized spacial score (nSPS) is 15.0. The van der Waals surface area contributed by atoms with Crippen molar-refractivity contribution in [1.29, 1.82) is 0 Å². The van der Waals surface area contributed by atoms with Crippen LogP contribution in [0.25, 0.3) is 0 Å². The second-order valence-corrected chi connectivity index (χ2v) is 16.2. The van der Waals surface area contributed by atoms with Gasteiger partial charge >= 0.3 is 0 Å². The molecule has 1 aliphatic carbocycles. The molecule has 3 aromatic carbocycles. The predicted octanol–water partition coefficient (Wildman–Crippen LogP) is 5.66. The molecule has 0 saturated heterocycles. The standard InChI is InChI=1S/C20H21N3O2S.C16H20Si/c24-13-15-10-17(22-12-14-6-8-21-9-7-14)19(18(25)11-15)20(26)23-16-4-2-1-3-5-16;1-16(2,3)17(14-10-6-4-7-11-14)15-12-8-5-9-13-15/h1-9,15,22,24H,10-13H2,(H,23,26);4-13,17H,1-3H3. The number of allylic oxidation sites excluding steroid dienone is 1. The molecular weight excluding hydrogens is 567 g/mol. The summed E-state index contributed by atoms with van der Waals surface area (Å²) in [6.07, 6.45) is 4.37. The van der Waals surface area contributed by atoms with Crippen LogP contribution in [0.3, 0.4) is 0 Å². The molecule has 0 amide bonds. The van der Waals surface area contributed by atoms with Crippen LogP contribution in [0, 0.1) is 5.92 Å². The summed E-state index contributed by atoms with van der Waals surface area (Å²) >= 11 is 5.51. The lowest BCUT2D eigenvalue weighted by molar-refractivity contribution is -0.116. The third-order valence-electron chi connectivity index (χ3n) is 7.45. The van der Waals surface area contributed by atoms with E-state index in [1.54, 1.807) is 12.4 Å². The fourth-order valence-electron chi connectivity index (χ4n) is 5.46. The Labute approximate surface area is 262 Å². The highest BCUT2D eigenvalue weighted by Crippen LogP contribution is 2.28. The van der Waals surface area contributed by atoms with Crippen LogP contribution in [0.5, 0.6) is 0 Å². The first-order valence-corrected chi connectivity index (χ1v) is 16.9. The second kappa shape index (κ2) is 15.5. The fraction of sp³-hybridized carbons (Fsp3) is 0.250. The lowest BCUT2D eigenvalue weighted by atomic mass is 9.86. The highest BCUT2D eigenvalue weighted by Gasteiger charge is 2.30. The van der Waals surface area contributed by atoms with Crippen molar-refractivity contribution >= 4 is 47.8 Å². The molecule has 0 fully saturated rings. The molecule has 5 rings (SSSR count). The summed E-state index contributed by atoms with van der Waals surface area (Å²) in [6.45, 7) is 7.65. The Kier molecular flexibility index (Phi) is 11.6. The number of nitrogens with one attached hydrogen (secondary N) is 2. The molecule has 5 nitrogen and oxygen atoms in total. The van der Waals surface area contributed by atoms with Gasteiger partial charge in [-0.25, -0.2) is 0 Å². The molecule has 1 atom stereocenters. The molecule has 0 aliphatic heterocycles. The van der Waals surface area contributed by atoms with E-state index in [2.05, 4.69) is 97.1 Å². The molecule has 1 aromatic heterocycles. The van der Waals surface area contributed by atoms with Crippen molar-refractivity contribution in [3.8, 4) is 0 Å². The topological polar surface area (TPSA) is 74.2 Å². The van der Waals surface area contributed by atoms with Gasteiger partial charge in [-0.05, 0) is 47.2 Å². The highest BCUT2D eigenvalue weighted by molar-refractivity contribution is 7.81. The largest absolute Gasteiger partial charge is 0.396 e. The SMILES string of the molecule is CC(C)(C)[SiH](c1ccccc1)c1ccccc1.O=C1CC(CO)CC(NCc2ccncc2)=C1C(=S)Nc1ccccc1. The van der Waals surface area contributed by atoms with Crippen LogP contribution in [0.4, 0.5) is 5.69 Å². The monoisotopic (exact) mass is 607 g/mol. The second-order valence-electron chi connectivity index (χ2n) is 11.9. The van der Waals surface area contributed by atoms with Gasteiger partial charge in [0.2, 0.25) is 0 Å². The summed E-state index contributed by atoms with van der Waals surface area (Å²) < 4.78 is 0. The summed E-state index contributed by atoms with van der Waals surface area (Å²) in [5.41, 5.74) is 3.20. The maximum atomic E-state index is 12.7. The zero-order valence-electron chi connectivity index (χ0n) is 25.2. The summed E-state index contributed by atoms with van der Waals surface area (Å²) in [6, 6.07) is 35.4. The molecule has 0 bridgehead atoms. The minimum atomic E-state index is -1.14. The van der Waals surface area contributed by atoms with Gasteiger partial charge in [0.05, 0.1) is 5.57 Å². The highest BCUT2D eigenvalue weighted by atomic mass is 32.1. The van der Waals surface area contributed by atoms with Crippen LogP contribution in [0.1, 0.15) is 39.2 Å². The number of benzene rings is 3. The molecule has 4 aromatic rings. The summed E-state index contributed by atoms with van der Waals surface area (Å²) in [4.78, 5) is 17.1. The van der Waals surface area contributed by atoms with Crippen molar-refractivity contribution in [2.75, 3.05) is 11.9 Å². The van der Waals surface area contributed by atoms with Crippen LogP contribution >= 0.6 is 12.2 Å². The van der Waals surface area contributed by atoms with Crippen molar-refractivity contribution < 1.29 is 9.90 Å². The first kappa shape index (κ1) is 32.0. The Morgan fingerprint density at radius 3 is 1.91 bits per heavy atom. The number of aliphatic hydroxyl groups excluding tert-OH is 1. The van der Waals surface area contributed by atoms with E-state index in [0.717, 1.165) is 16.9 Å². The predicted molar refractivity (Wildman–Crippen MR) is 185 cm³/mol. The smallest absolute Gasteiger partial charge is 0.167 e. The number of pyridine rings is 1. The molecule has 1 unspecified atom stereocenters. The number of rotatable bonds is 8. The molecule has 222 valence electrons. The van der Waals surface area contributed by atoms with Gasteiger partial charge in [0.1, 0.15) is 13.8 Å². The zero-order valence-corrected chi connectivity index (χ0v) is 27.1. The first-order valence-electron chi connectivity index (χ1n) is 14.7. The quantitative estimate of drug-likeness (QED) is 0.177. The summed E-state index contributed by atoms with van der Waals surface area (Å²) in [5, 5.41) is 19.4. The number of aromatic nitrogens is 1. The lowest BCUT2D eigenvalue weighted by Crippen LogP contribution is -2.48. The van der Waals surface area contributed by atoms with Crippen molar-refractivity contribution in [3.63, 3.8) is 0 Å². The van der Waals surface area contributed by atoms with E-state index in [9.17, 15) is 9.90 Å². The number of carbonyl (C=O) groups excluding carboxylic acids is 1. The maximum absolute atomic E-state index is 12.7. The van der Waals surface area contributed by atoms with Gasteiger partial charge in [-0.2, -0.15) is 0 Å². The van der Waals surface area contributed by atoms with Crippen LogP contribution in [-0.2, 0) is 11.3 Å². The van der Waals surface area contributed by atoms with Gasteiger partial charge < -0.3 is 15.7 Å². The molecule has 43 heavy (non-hydrogen) atoms. The molecular formula is C36H41N3O2SSi. The molecule has 0 spiro atoms. The number of anilines is 1. The van der Waals surface area contributed by atoms with Crippen LogP contribution in [0.2, 0.25) is 5.04 Å². The Morgan fingerprint density at radius 2 is 1.40 bits per heavy atom. The first-order chi connectivity index (χ1) is 20.8. The summed E-state index contributed by atoms with van der Waals surface area (Å²) in [7, 11) is -1.14. The number of hydrogen-bond acceptors (Lipinski definition) is 5. The number of hydrogen-bond donors (Lipinski definition) is 3.